The Balaban J connectivity index is 1.59. The molecule has 4 rings (SSSR count). The number of benzene rings is 2. The summed E-state index contributed by atoms with van der Waals surface area (Å²) >= 11 is 12.0. The topological polar surface area (TPSA) is 71.5 Å². The molecule has 0 saturated carbocycles. The standard InChI is InChI=1S/C21H14Cl2FN3O3/c22-15-8-14-19(9-16(15)23)30-11-27(21(14)29)10-12-7-13(24)4-5-17(12)26-20(28)18-3-1-2-6-25-18/h1-9H,10-11H2,(H,26,28). The summed E-state index contributed by atoms with van der Waals surface area (Å²) in [7, 11) is 0. The number of aromatic nitrogens is 1. The fourth-order valence-electron chi connectivity index (χ4n) is 3.01. The maximum Gasteiger partial charge on any atom is 0.274 e. The Labute approximate surface area is 181 Å². The van der Waals surface area contributed by atoms with Gasteiger partial charge in [-0.25, -0.2) is 4.39 Å². The first-order valence-electron chi connectivity index (χ1n) is 8.84. The highest BCUT2D eigenvalue weighted by atomic mass is 35.5. The molecule has 1 aliphatic heterocycles. The highest BCUT2D eigenvalue weighted by Gasteiger charge is 2.28. The molecule has 0 atom stereocenters. The molecular formula is C21H14Cl2FN3O3. The second-order valence-corrected chi connectivity index (χ2v) is 7.32. The predicted molar refractivity (Wildman–Crippen MR) is 110 cm³/mol. The van der Waals surface area contributed by atoms with Gasteiger partial charge in [-0.1, -0.05) is 29.3 Å². The number of ether oxygens (including phenoxy) is 1. The normalized spacial score (nSPS) is 12.9. The summed E-state index contributed by atoms with van der Waals surface area (Å²) in [5.74, 6) is -0.965. The molecule has 1 N–H and O–H groups in total. The highest BCUT2D eigenvalue weighted by Crippen LogP contribution is 2.34. The Morgan fingerprint density at radius 2 is 1.97 bits per heavy atom. The first-order chi connectivity index (χ1) is 14.4. The molecule has 2 aromatic carbocycles. The molecule has 0 aliphatic carbocycles. The van der Waals surface area contributed by atoms with Crippen LogP contribution in [0.5, 0.6) is 5.75 Å². The van der Waals surface area contributed by atoms with Gasteiger partial charge in [0.25, 0.3) is 11.8 Å². The average molecular weight is 446 g/mol. The van der Waals surface area contributed by atoms with Crippen LogP contribution in [0.3, 0.4) is 0 Å². The SMILES string of the molecule is O=C(Nc1ccc(F)cc1CN1COc2cc(Cl)c(Cl)cc2C1=O)c1ccccn1. The van der Waals surface area contributed by atoms with E-state index in [4.69, 9.17) is 27.9 Å². The van der Waals surface area contributed by atoms with Crippen molar-refractivity contribution >= 4 is 40.7 Å². The van der Waals surface area contributed by atoms with Gasteiger partial charge in [0, 0.05) is 18.0 Å². The molecule has 152 valence electrons. The number of fused-ring (bicyclic) bond motifs is 1. The number of halogens is 3. The largest absolute Gasteiger partial charge is 0.472 e. The third-order valence-electron chi connectivity index (χ3n) is 4.49. The van der Waals surface area contributed by atoms with E-state index < -0.39 is 11.7 Å². The molecule has 9 heteroatoms. The lowest BCUT2D eigenvalue weighted by Gasteiger charge is -2.29. The van der Waals surface area contributed by atoms with Crippen molar-refractivity contribution in [1.29, 1.82) is 0 Å². The van der Waals surface area contributed by atoms with E-state index in [0.717, 1.165) is 0 Å². The van der Waals surface area contributed by atoms with Crippen molar-refractivity contribution in [2.45, 2.75) is 6.54 Å². The number of carbonyl (C=O) groups excluding carboxylic acids is 2. The molecule has 0 unspecified atom stereocenters. The van der Waals surface area contributed by atoms with Crippen LogP contribution in [0.1, 0.15) is 26.4 Å². The third kappa shape index (κ3) is 4.08. The lowest BCUT2D eigenvalue weighted by Crippen LogP contribution is -2.38. The van der Waals surface area contributed by atoms with Gasteiger partial charge in [-0.05, 0) is 42.0 Å². The van der Waals surface area contributed by atoms with Crippen LogP contribution in [0.25, 0.3) is 0 Å². The van der Waals surface area contributed by atoms with Gasteiger partial charge in [-0.3, -0.25) is 14.6 Å². The summed E-state index contributed by atoms with van der Waals surface area (Å²) in [4.78, 5) is 30.7. The zero-order chi connectivity index (χ0) is 21.3. The summed E-state index contributed by atoms with van der Waals surface area (Å²) in [5, 5.41) is 3.21. The lowest BCUT2D eigenvalue weighted by molar-refractivity contribution is 0.0499. The molecule has 2 heterocycles. The number of amides is 2. The minimum absolute atomic E-state index is 0.00805. The second kappa shape index (κ2) is 8.30. The zero-order valence-corrected chi connectivity index (χ0v) is 16.9. The molecule has 6 nitrogen and oxygen atoms in total. The zero-order valence-electron chi connectivity index (χ0n) is 15.4. The summed E-state index contributed by atoms with van der Waals surface area (Å²) < 4.78 is 19.5. The molecule has 30 heavy (non-hydrogen) atoms. The van der Waals surface area contributed by atoms with E-state index in [2.05, 4.69) is 10.3 Å². The van der Waals surface area contributed by atoms with E-state index in [-0.39, 0.29) is 40.5 Å². The smallest absolute Gasteiger partial charge is 0.274 e. The number of rotatable bonds is 4. The number of carbonyl (C=O) groups is 2. The summed E-state index contributed by atoms with van der Waals surface area (Å²) in [6.07, 6.45) is 1.50. The van der Waals surface area contributed by atoms with Crippen molar-refractivity contribution < 1.29 is 18.7 Å². The Bertz CT molecular complexity index is 1140. The van der Waals surface area contributed by atoms with Crippen molar-refractivity contribution in [2.24, 2.45) is 0 Å². The Morgan fingerprint density at radius 1 is 1.17 bits per heavy atom. The molecule has 1 aromatic heterocycles. The average Bonchev–Trinajstić information content (AvgIpc) is 2.74. The molecule has 0 saturated heterocycles. The van der Waals surface area contributed by atoms with Crippen LogP contribution in [0.15, 0.2) is 54.7 Å². The van der Waals surface area contributed by atoms with Crippen molar-refractivity contribution in [3.05, 3.63) is 87.4 Å². The fourth-order valence-corrected chi connectivity index (χ4v) is 3.33. The quantitative estimate of drug-likeness (QED) is 0.627. The molecule has 2 amide bonds. The molecule has 0 bridgehead atoms. The van der Waals surface area contributed by atoms with E-state index in [9.17, 15) is 14.0 Å². The van der Waals surface area contributed by atoms with Crippen molar-refractivity contribution in [2.75, 3.05) is 12.0 Å². The van der Waals surface area contributed by atoms with E-state index in [1.54, 1.807) is 18.2 Å². The van der Waals surface area contributed by atoms with E-state index in [1.807, 2.05) is 0 Å². The molecule has 0 radical (unpaired) electrons. The van der Waals surface area contributed by atoms with E-state index in [0.29, 0.717) is 17.0 Å². The number of nitrogens with zero attached hydrogens (tertiary/aromatic N) is 2. The monoisotopic (exact) mass is 445 g/mol. The number of hydrogen-bond donors (Lipinski definition) is 1. The van der Waals surface area contributed by atoms with Crippen LogP contribution in [0, 0.1) is 5.82 Å². The minimum atomic E-state index is -0.499. The Kier molecular flexibility index (Phi) is 5.57. The summed E-state index contributed by atoms with van der Waals surface area (Å²) in [6.45, 7) is -0.0535. The first-order valence-corrected chi connectivity index (χ1v) is 9.60. The second-order valence-electron chi connectivity index (χ2n) is 6.51. The van der Waals surface area contributed by atoms with Crippen LogP contribution in [0.4, 0.5) is 10.1 Å². The van der Waals surface area contributed by atoms with Crippen LogP contribution >= 0.6 is 23.2 Å². The fraction of sp³-hybridized carbons (Fsp3) is 0.0952. The van der Waals surface area contributed by atoms with Crippen molar-refractivity contribution in [3.63, 3.8) is 0 Å². The van der Waals surface area contributed by atoms with Crippen LogP contribution in [0.2, 0.25) is 10.0 Å². The van der Waals surface area contributed by atoms with Gasteiger partial charge in [-0.2, -0.15) is 0 Å². The molecular weight excluding hydrogens is 432 g/mol. The molecule has 1 aliphatic rings. The maximum atomic E-state index is 13.9. The number of hydrogen-bond acceptors (Lipinski definition) is 4. The lowest BCUT2D eigenvalue weighted by atomic mass is 10.1. The number of anilines is 1. The highest BCUT2D eigenvalue weighted by molar-refractivity contribution is 6.42. The van der Waals surface area contributed by atoms with Gasteiger partial charge in [0.1, 0.15) is 17.3 Å². The van der Waals surface area contributed by atoms with Crippen molar-refractivity contribution in [1.82, 2.24) is 9.88 Å². The third-order valence-corrected chi connectivity index (χ3v) is 5.21. The van der Waals surface area contributed by atoms with Gasteiger partial charge in [-0.15, -0.1) is 0 Å². The molecule has 0 spiro atoms. The number of pyridine rings is 1. The van der Waals surface area contributed by atoms with Gasteiger partial charge in [0.05, 0.1) is 22.2 Å². The van der Waals surface area contributed by atoms with Crippen molar-refractivity contribution in [3.8, 4) is 5.75 Å². The van der Waals surface area contributed by atoms with Crippen LogP contribution < -0.4 is 10.1 Å². The van der Waals surface area contributed by atoms with E-state index in [1.165, 1.54) is 41.4 Å². The van der Waals surface area contributed by atoms with Gasteiger partial charge in [0.15, 0.2) is 6.73 Å². The van der Waals surface area contributed by atoms with Crippen LogP contribution in [-0.4, -0.2) is 28.4 Å². The maximum absolute atomic E-state index is 13.9. The molecule has 3 aromatic rings. The van der Waals surface area contributed by atoms with Gasteiger partial charge >= 0.3 is 0 Å². The Hall–Kier alpha value is -3.16. The first kappa shape index (κ1) is 20.1. The van der Waals surface area contributed by atoms with Gasteiger partial charge < -0.3 is 15.0 Å². The van der Waals surface area contributed by atoms with E-state index >= 15 is 0 Å². The summed E-state index contributed by atoms with van der Waals surface area (Å²) in [5.41, 5.74) is 1.23. The minimum Gasteiger partial charge on any atom is -0.472 e. The van der Waals surface area contributed by atoms with Gasteiger partial charge in [0.2, 0.25) is 0 Å². The molecule has 0 fully saturated rings. The number of nitrogens with one attached hydrogen (secondary N) is 1. The Morgan fingerprint density at radius 3 is 2.73 bits per heavy atom. The van der Waals surface area contributed by atoms with Crippen LogP contribution in [-0.2, 0) is 6.54 Å². The summed E-state index contributed by atoms with van der Waals surface area (Å²) in [6, 6.07) is 11.8. The predicted octanol–water partition coefficient (Wildman–Crippen LogP) is 4.77.